The number of hydrogen-bond acceptors (Lipinski definition) is 3. The van der Waals surface area contributed by atoms with Gasteiger partial charge in [-0.2, -0.15) is 0 Å². The van der Waals surface area contributed by atoms with Gasteiger partial charge in [-0.1, -0.05) is 17.7 Å². The van der Waals surface area contributed by atoms with Gasteiger partial charge in [-0.05, 0) is 66.5 Å². The number of nitrogens with one attached hydrogen (secondary N) is 1. The third-order valence-corrected chi connectivity index (χ3v) is 4.37. The molecule has 128 valence electrons. The number of benzene rings is 2. The predicted octanol–water partition coefficient (Wildman–Crippen LogP) is 5.46. The monoisotopic (exact) mass is 411 g/mol. The average molecular weight is 413 g/mol. The molecule has 0 aromatic heterocycles. The first-order chi connectivity index (χ1) is 11.5. The van der Waals surface area contributed by atoms with E-state index in [0.717, 1.165) is 5.56 Å². The highest BCUT2D eigenvalue weighted by atomic mass is 79.9. The van der Waals surface area contributed by atoms with Crippen LogP contribution in [0.2, 0.25) is 5.02 Å². The fourth-order valence-corrected chi connectivity index (χ4v) is 2.91. The largest absolute Gasteiger partial charge is 0.490 e. The zero-order valence-corrected chi connectivity index (χ0v) is 16.1. The van der Waals surface area contributed by atoms with Gasteiger partial charge in [0.15, 0.2) is 11.5 Å². The van der Waals surface area contributed by atoms with Gasteiger partial charge >= 0.3 is 0 Å². The van der Waals surface area contributed by atoms with Gasteiger partial charge < -0.3 is 14.8 Å². The molecule has 6 heteroatoms. The second-order valence-corrected chi connectivity index (χ2v) is 6.28. The van der Waals surface area contributed by atoms with Gasteiger partial charge in [0.2, 0.25) is 0 Å². The van der Waals surface area contributed by atoms with E-state index >= 15 is 0 Å². The minimum Gasteiger partial charge on any atom is -0.490 e. The lowest BCUT2D eigenvalue weighted by molar-refractivity contribution is 0.102. The van der Waals surface area contributed by atoms with Crippen LogP contribution in [0.25, 0.3) is 0 Å². The first-order valence-electron chi connectivity index (χ1n) is 7.63. The van der Waals surface area contributed by atoms with E-state index in [4.69, 9.17) is 21.1 Å². The molecule has 0 heterocycles. The van der Waals surface area contributed by atoms with Crippen molar-refractivity contribution in [2.75, 3.05) is 18.5 Å². The van der Waals surface area contributed by atoms with Gasteiger partial charge in [-0.25, -0.2) is 0 Å². The topological polar surface area (TPSA) is 47.6 Å². The second-order valence-electron chi connectivity index (χ2n) is 5.02. The van der Waals surface area contributed by atoms with Crippen molar-refractivity contribution in [1.82, 2.24) is 0 Å². The molecule has 2 aromatic carbocycles. The molecule has 2 rings (SSSR count). The molecule has 0 aliphatic heterocycles. The van der Waals surface area contributed by atoms with Crippen molar-refractivity contribution in [3.05, 3.63) is 51.0 Å². The van der Waals surface area contributed by atoms with Crippen molar-refractivity contribution in [3.8, 4) is 11.5 Å². The molecule has 0 saturated carbocycles. The Morgan fingerprint density at radius 1 is 1.21 bits per heavy atom. The number of hydrogen-bond donors (Lipinski definition) is 1. The fraction of sp³-hybridized carbons (Fsp3) is 0.278. The van der Waals surface area contributed by atoms with E-state index in [-0.39, 0.29) is 5.91 Å². The summed E-state index contributed by atoms with van der Waals surface area (Å²) in [5.74, 6) is 0.876. The maximum Gasteiger partial charge on any atom is 0.255 e. The van der Waals surface area contributed by atoms with E-state index in [1.807, 2.05) is 26.8 Å². The maximum absolute atomic E-state index is 12.6. The molecule has 0 aliphatic carbocycles. The van der Waals surface area contributed by atoms with Gasteiger partial charge in [0.25, 0.3) is 5.91 Å². The highest BCUT2D eigenvalue weighted by Crippen LogP contribution is 2.37. The Hall–Kier alpha value is -1.72. The summed E-state index contributed by atoms with van der Waals surface area (Å²) in [6.45, 7) is 6.62. The summed E-state index contributed by atoms with van der Waals surface area (Å²) in [6, 6.07) is 8.78. The quantitative estimate of drug-likeness (QED) is 0.685. The molecule has 0 bridgehead atoms. The molecular formula is C18H19BrClNO3. The molecule has 0 spiro atoms. The zero-order chi connectivity index (χ0) is 17.7. The van der Waals surface area contributed by atoms with E-state index in [0.29, 0.717) is 45.5 Å². The summed E-state index contributed by atoms with van der Waals surface area (Å²) >= 11 is 9.54. The Labute approximate surface area is 155 Å². The number of carbonyl (C=O) groups is 1. The Morgan fingerprint density at radius 2 is 1.92 bits per heavy atom. The predicted molar refractivity (Wildman–Crippen MR) is 101 cm³/mol. The Bertz CT molecular complexity index is 749. The summed E-state index contributed by atoms with van der Waals surface area (Å²) in [6.07, 6.45) is 0. The molecule has 0 atom stereocenters. The highest BCUT2D eigenvalue weighted by Gasteiger charge is 2.16. The van der Waals surface area contributed by atoms with Crippen LogP contribution in [0.1, 0.15) is 29.8 Å². The number of anilines is 1. The summed E-state index contributed by atoms with van der Waals surface area (Å²) < 4.78 is 11.9. The van der Waals surface area contributed by atoms with Crippen LogP contribution in [-0.4, -0.2) is 19.1 Å². The number of rotatable bonds is 6. The SMILES string of the molecule is CCOc1cc(C(=O)Nc2cccc(Cl)c2C)cc(Br)c1OCC. The number of amides is 1. The third kappa shape index (κ3) is 4.22. The first-order valence-corrected chi connectivity index (χ1v) is 8.80. The summed E-state index contributed by atoms with van der Waals surface area (Å²) in [5, 5.41) is 3.48. The van der Waals surface area contributed by atoms with Gasteiger partial charge in [-0.15, -0.1) is 0 Å². The van der Waals surface area contributed by atoms with E-state index in [1.54, 1.807) is 24.3 Å². The summed E-state index contributed by atoms with van der Waals surface area (Å²) in [7, 11) is 0. The van der Waals surface area contributed by atoms with E-state index in [9.17, 15) is 4.79 Å². The van der Waals surface area contributed by atoms with Crippen molar-refractivity contribution in [3.63, 3.8) is 0 Å². The molecule has 0 aliphatic rings. The van der Waals surface area contributed by atoms with E-state index in [1.165, 1.54) is 0 Å². The lowest BCUT2D eigenvalue weighted by Crippen LogP contribution is -2.13. The number of ether oxygens (including phenoxy) is 2. The Morgan fingerprint density at radius 3 is 2.58 bits per heavy atom. The smallest absolute Gasteiger partial charge is 0.255 e. The van der Waals surface area contributed by atoms with Gasteiger partial charge in [0.1, 0.15) is 0 Å². The van der Waals surface area contributed by atoms with Crippen molar-refractivity contribution in [1.29, 1.82) is 0 Å². The Kier molecular flexibility index (Phi) is 6.52. The third-order valence-electron chi connectivity index (χ3n) is 3.38. The molecule has 1 N–H and O–H groups in total. The van der Waals surface area contributed by atoms with Gasteiger partial charge in [-0.3, -0.25) is 4.79 Å². The zero-order valence-electron chi connectivity index (χ0n) is 13.8. The minimum atomic E-state index is -0.245. The molecule has 0 fully saturated rings. The molecular weight excluding hydrogens is 394 g/mol. The number of halogens is 2. The van der Waals surface area contributed by atoms with Crippen LogP contribution in [0.15, 0.2) is 34.8 Å². The molecule has 24 heavy (non-hydrogen) atoms. The van der Waals surface area contributed by atoms with Crippen LogP contribution in [0.3, 0.4) is 0 Å². The number of carbonyl (C=O) groups excluding carboxylic acids is 1. The minimum absolute atomic E-state index is 0.245. The van der Waals surface area contributed by atoms with Crippen LogP contribution in [0.4, 0.5) is 5.69 Å². The Balaban J connectivity index is 2.33. The van der Waals surface area contributed by atoms with E-state index in [2.05, 4.69) is 21.2 Å². The van der Waals surface area contributed by atoms with Crippen LogP contribution >= 0.6 is 27.5 Å². The van der Waals surface area contributed by atoms with Gasteiger partial charge in [0.05, 0.1) is 17.7 Å². The van der Waals surface area contributed by atoms with Crippen molar-refractivity contribution in [2.24, 2.45) is 0 Å². The van der Waals surface area contributed by atoms with Crippen molar-refractivity contribution >= 4 is 39.1 Å². The van der Waals surface area contributed by atoms with E-state index < -0.39 is 0 Å². The fourth-order valence-electron chi connectivity index (χ4n) is 2.18. The van der Waals surface area contributed by atoms with Crippen LogP contribution in [0.5, 0.6) is 11.5 Å². The average Bonchev–Trinajstić information content (AvgIpc) is 2.55. The van der Waals surface area contributed by atoms with Gasteiger partial charge in [0, 0.05) is 16.3 Å². The highest BCUT2D eigenvalue weighted by molar-refractivity contribution is 9.10. The molecule has 1 amide bonds. The van der Waals surface area contributed by atoms with Crippen LogP contribution in [-0.2, 0) is 0 Å². The molecule has 4 nitrogen and oxygen atoms in total. The molecule has 2 aromatic rings. The molecule has 0 saturated heterocycles. The summed E-state index contributed by atoms with van der Waals surface area (Å²) in [4.78, 5) is 12.6. The lowest BCUT2D eigenvalue weighted by Gasteiger charge is -2.15. The van der Waals surface area contributed by atoms with Crippen molar-refractivity contribution < 1.29 is 14.3 Å². The van der Waals surface area contributed by atoms with Crippen molar-refractivity contribution in [2.45, 2.75) is 20.8 Å². The second kappa shape index (κ2) is 8.40. The first kappa shape index (κ1) is 18.6. The lowest BCUT2D eigenvalue weighted by atomic mass is 10.1. The molecule has 0 unspecified atom stereocenters. The van der Waals surface area contributed by atoms with Crippen LogP contribution in [0, 0.1) is 6.92 Å². The molecule has 0 radical (unpaired) electrons. The standard InChI is InChI=1S/C18H19BrClNO3/c1-4-23-16-10-12(9-13(19)17(16)24-5-2)18(22)21-15-8-6-7-14(20)11(15)3/h6-10H,4-5H2,1-3H3,(H,21,22). The summed E-state index contributed by atoms with van der Waals surface area (Å²) in [5.41, 5.74) is 1.96. The van der Waals surface area contributed by atoms with Crippen LogP contribution < -0.4 is 14.8 Å². The normalized spacial score (nSPS) is 10.4. The maximum atomic E-state index is 12.6.